The fraction of sp³-hybridized carbons (Fsp3) is 0.185. The van der Waals surface area contributed by atoms with E-state index < -0.39 is 0 Å². The lowest BCUT2D eigenvalue weighted by Crippen LogP contribution is -2.35. The normalized spacial score (nSPS) is 13.0. The summed E-state index contributed by atoms with van der Waals surface area (Å²) >= 11 is 0. The molecular weight excluding hydrogens is 398 g/mol. The first-order valence-electron chi connectivity index (χ1n) is 10.9. The molecule has 0 saturated carbocycles. The quantitative estimate of drug-likeness (QED) is 0.443. The molecule has 0 spiro atoms. The molecule has 160 valence electrons. The maximum Gasteiger partial charge on any atom is 0.262 e. The average molecular weight is 424 g/mol. The fourth-order valence-corrected chi connectivity index (χ4v) is 4.36. The van der Waals surface area contributed by atoms with E-state index in [2.05, 4.69) is 18.2 Å². The molecule has 32 heavy (non-hydrogen) atoms. The van der Waals surface area contributed by atoms with Crippen molar-refractivity contribution in [1.82, 2.24) is 9.78 Å². The van der Waals surface area contributed by atoms with E-state index in [1.807, 2.05) is 76.4 Å². The van der Waals surface area contributed by atoms with Crippen molar-refractivity contribution in [1.29, 1.82) is 0 Å². The van der Waals surface area contributed by atoms with Crippen LogP contribution >= 0.6 is 0 Å². The van der Waals surface area contributed by atoms with Crippen LogP contribution in [0.5, 0.6) is 5.75 Å². The zero-order valence-corrected chi connectivity index (χ0v) is 18.1. The molecule has 1 aliphatic rings. The van der Waals surface area contributed by atoms with Gasteiger partial charge in [0.05, 0.1) is 19.2 Å². The maximum atomic E-state index is 13.9. The van der Waals surface area contributed by atoms with Crippen molar-refractivity contribution >= 4 is 11.6 Å². The molecule has 5 rings (SSSR count). The highest BCUT2D eigenvalue weighted by Crippen LogP contribution is 2.34. The Balaban J connectivity index is 1.60. The van der Waals surface area contributed by atoms with Gasteiger partial charge in [-0.15, -0.1) is 0 Å². The van der Waals surface area contributed by atoms with E-state index in [0.717, 1.165) is 29.7 Å². The van der Waals surface area contributed by atoms with Crippen molar-refractivity contribution in [2.45, 2.75) is 19.4 Å². The van der Waals surface area contributed by atoms with E-state index in [9.17, 15) is 4.79 Å². The number of carbonyl (C=O) groups is 1. The first-order chi connectivity index (χ1) is 15.7. The molecule has 3 aromatic carbocycles. The highest BCUT2D eigenvalue weighted by atomic mass is 16.5. The number of amides is 1. The van der Waals surface area contributed by atoms with E-state index in [4.69, 9.17) is 9.84 Å². The number of aryl methyl sites for hydroxylation is 1. The fourth-order valence-electron chi connectivity index (χ4n) is 4.36. The molecule has 0 bridgehead atoms. The predicted molar refractivity (Wildman–Crippen MR) is 126 cm³/mol. The van der Waals surface area contributed by atoms with Crippen LogP contribution in [0.1, 0.15) is 27.9 Å². The minimum Gasteiger partial charge on any atom is -0.496 e. The summed E-state index contributed by atoms with van der Waals surface area (Å²) in [6, 6.07) is 26.0. The number of hydrogen-bond donors (Lipinski definition) is 0. The van der Waals surface area contributed by atoms with Crippen molar-refractivity contribution < 1.29 is 9.53 Å². The van der Waals surface area contributed by atoms with Gasteiger partial charge in [0.2, 0.25) is 0 Å². The first kappa shape index (κ1) is 20.1. The Bertz CT molecular complexity index is 1250. The second-order valence-corrected chi connectivity index (χ2v) is 7.96. The number of aromatic nitrogens is 2. The highest BCUT2D eigenvalue weighted by molar-refractivity contribution is 6.10. The molecule has 2 heterocycles. The molecule has 0 aliphatic carbocycles. The zero-order valence-electron chi connectivity index (χ0n) is 18.1. The Morgan fingerprint density at radius 1 is 0.969 bits per heavy atom. The summed E-state index contributed by atoms with van der Waals surface area (Å²) in [5.74, 6) is 0.669. The van der Waals surface area contributed by atoms with Crippen molar-refractivity contribution in [2.24, 2.45) is 0 Å². The summed E-state index contributed by atoms with van der Waals surface area (Å²) in [6.07, 6.45) is 3.81. The number of nitrogens with zero attached hydrogens (tertiary/aromatic N) is 3. The maximum absolute atomic E-state index is 13.9. The second kappa shape index (κ2) is 8.71. The van der Waals surface area contributed by atoms with Crippen LogP contribution in [0.4, 0.5) is 5.69 Å². The number of rotatable bonds is 5. The lowest BCUT2D eigenvalue weighted by molar-refractivity contribution is 0.0985. The van der Waals surface area contributed by atoms with Crippen LogP contribution < -0.4 is 9.64 Å². The molecule has 0 unspecified atom stereocenters. The summed E-state index contributed by atoms with van der Waals surface area (Å²) < 4.78 is 7.44. The highest BCUT2D eigenvalue weighted by Gasteiger charge is 2.28. The molecule has 4 aromatic rings. The van der Waals surface area contributed by atoms with Gasteiger partial charge in [-0.25, -0.2) is 0 Å². The van der Waals surface area contributed by atoms with Crippen LogP contribution in [-0.4, -0.2) is 29.3 Å². The number of methoxy groups -OCH3 is 1. The third-order valence-corrected chi connectivity index (χ3v) is 5.90. The van der Waals surface area contributed by atoms with Gasteiger partial charge >= 0.3 is 0 Å². The van der Waals surface area contributed by atoms with Crippen LogP contribution in [0.3, 0.4) is 0 Å². The average Bonchev–Trinajstić information content (AvgIpc) is 3.27. The van der Waals surface area contributed by atoms with E-state index in [1.165, 1.54) is 5.56 Å². The molecule has 0 fully saturated rings. The summed E-state index contributed by atoms with van der Waals surface area (Å²) in [4.78, 5) is 15.7. The molecule has 1 aromatic heterocycles. The Morgan fingerprint density at radius 3 is 2.56 bits per heavy atom. The third-order valence-electron chi connectivity index (χ3n) is 5.90. The molecule has 0 radical (unpaired) electrons. The minimum absolute atomic E-state index is 0.0302. The molecule has 1 aliphatic heterocycles. The monoisotopic (exact) mass is 423 g/mol. The smallest absolute Gasteiger partial charge is 0.262 e. The van der Waals surface area contributed by atoms with Crippen molar-refractivity contribution in [2.75, 3.05) is 18.6 Å². The van der Waals surface area contributed by atoms with Crippen LogP contribution in [0.2, 0.25) is 0 Å². The van der Waals surface area contributed by atoms with Gasteiger partial charge in [0.25, 0.3) is 5.91 Å². The lowest BCUT2D eigenvalue weighted by atomic mass is 10.00. The molecule has 5 heteroatoms. The number of fused-ring (bicyclic) bond motifs is 1. The predicted octanol–water partition coefficient (Wildman–Crippen LogP) is 5.20. The molecule has 0 saturated heterocycles. The number of benzene rings is 3. The van der Waals surface area contributed by atoms with Crippen LogP contribution in [0.25, 0.3) is 11.3 Å². The largest absolute Gasteiger partial charge is 0.496 e. The topological polar surface area (TPSA) is 47.4 Å². The Labute approximate surface area is 187 Å². The number of carbonyl (C=O) groups excluding carboxylic acids is 1. The van der Waals surface area contributed by atoms with Gasteiger partial charge in [0.1, 0.15) is 11.4 Å². The number of para-hydroxylation sites is 2. The van der Waals surface area contributed by atoms with Crippen molar-refractivity contribution in [3.05, 3.63) is 102 Å². The van der Waals surface area contributed by atoms with Crippen LogP contribution in [0, 0.1) is 0 Å². The molecule has 0 atom stereocenters. The Hall–Kier alpha value is -3.86. The lowest BCUT2D eigenvalue weighted by Gasteiger charge is -2.29. The van der Waals surface area contributed by atoms with Crippen LogP contribution in [-0.2, 0) is 13.0 Å². The SMILES string of the molecule is COc1ccccc1-c1nn(Cc2ccccc2)cc1C(=O)N1CCCc2ccccc21. The number of anilines is 1. The molecular formula is C27H25N3O2. The molecule has 1 amide bonds. The van der Waals surface area contributed by atoms with Gasteiger partial charge < -0.3 is 9.64 Å². The molecule has 5 nitrogen and oxygen atoms in total. The van der Waals surface area contributed by atoms with E-state index in [-0.39, 0.29) is 5.91 Å². The summed E-state index contributed by atoms with van der Waals surface area (Å²) in [7, 11) is 1.64. The van der Waals surface area contributed by atoms with E-state index in [1.54, 1.807) is 7.11 Å². The number of hydrogen-bond acceptors (Lipinski definition) is 3. The van der Waals surface area contributed by atoms with Gasteiger partial charge in [0, 0.05) is 24.0 Å². The summed E-state index contributed by atoms with van der Waals surface area (Å²) in [6.45, 7) is 1.29. The standard InChI is InChI=1S/C27H25N3O2/c1-32-25-16-8-6-14-22(25)26-23(19-29(28-26)18-20-10-3-2-4-11-20)27(31)30-17-9-13-21-12-5-7-15-24(21)30/h2-8,10-12,14-16,19H,9,13,17-18H2,1H3. The molecule has 0 N–H and O–H groups in total. The third kappa shape index (κ3) is 3.78. The van der Waals surface area contributed by atoms with Gasteiger partial charge in [-0.1, -0.05) is 60.7 Å². The Kier molecular flexibility index (Phi) is 5.46. The summed E-state index contributed by atoms with van der Waals surface area (Å²) in [5.41, 5.74) is 5.38. The summed E-state index contributed by atoms with van der Waals surface area (Å²) in [5, 5.41) is 4.85. The van der Waals surface area contributed by atoms with Crippen LogP contribution in [0.15, 0.2) is 85.1 Å². The van der Waals surface area contributed by atoms with Crippen molar-refractivity contribution in [3.8, 4) is 17.0 Å². The second-order valence-electron chi connectivity index (χ2n) is 7.96. The minimum atomic E-state index is -0.0302. The van der Waals surface area contributed by atoms with Gasteiger partial charge in [-0.3, -0.25) is 9.48 Å². The first-order valence-corrected chi connectivity index (χ1v) is 10.9. The number of ether oxygens (including phenoxy) is 1. The van der Waals surface area contributed by atoms with Crippen molar-refractivity contribution in [3.63, 3.8) is 0 Å². The van der Waals surface area contributed by atoms with E-state index in [0.29, 0.717) is 30.1 Å². The van der Waals surface area contributed by atoms with E-state index >= 15 is 0 Å². The zero-order chi connectivity index (χ0) is 21.9. The van der Waals surface area contributed by atoms with Gasteiger partial charge in [-0.05, 0) is 42.2 Å². The van der Waals surface area contributed by atoms with Gasteiger partial charge in [-0.2, -0.15) is 5.10 Å². The Morgan fingerprint density at radius 2 is 1.72 bits per heavy atom. The van der Waals surface area contributed by atoms with Gasteiger partial charge in [0.15, 0.2) is 0 Å².